The van der Waals surface area contributed by atoms with E-state index in [1.54, 1.807) is 4.31 Å². The van der Waals surface area contributed by atoms with E-state index in [1.807, 2.05) is 18.2 Å². The molecule has 2 aromatic carbocycles. The van der Waals surface area contributed by atoms with Crippen molar-refractivity contribution < 1.29 is 22.8 Å². The molecule has 3 aliphatic rings. The molecular weight excluding hydrogens is 623 g/mol. The third-order valence-corrected chi connectivity index (χ3v) is 12.4. The largest absolute Gasteiger partial charge is 0.341 e. The second kappa shape index (κ2) is 12.2. The van der Waals surface area contributed by atoms with Gasteiger partial charge in [0.2, 0.25) is 10.0 Å². The van der Waals surface area contributed by atoms with Gasteiger partial charge < -0.3 is 10.6 Å². The van der Waals surface area contributed by atoms with Gasteiger partial charge in [-0.3, -0.25) is 19.8 Å². The van der Waals surface area contributed by atoms with E-state index in [1.165, 1.54) is 48.2 Å². The molecule has 3 heterocycles. The normalized spacial score (nSPS) is 22.6. The second-order valence-corrected chi connectivity index (χ2v) is 16.9. The van der Waals surface area contributed by atoms with Gasteiger partial charge in [0.25, 0.3) is 11.8 Å². The summed E-state index contributed by atoms with van der Waals surface area (Å²) in [4.78, 5) is 42.2. The SMILES string of the molecule is CNC(=O)NC(=O)c1c(NC(=O)c2ccc(S(=O)(=O)N3CC4(C)CC3CC(C)(C)C4)cc2)sc2c1CCN(Cc1ccccc1)C2. The molecule has 0 spiro atoms. The number of nitrogens with one attached hydrogen (secondary N) is 3. The van der Waals surface area contributed by atoms with Crippen molar-refractivity contribution in [3.05, 3.63) is 81.7 Å². The Hall–Kier alpha value is -3.58. The van der Waals surface area contributed by atoms with Gasteiger partial charge in [0, 0.05) is 49.7 Å². The molecule has 0 radical (unpaired) electrons. The lowest BCUT2D eigenvalue weighted by Gasteiger charge is -2.39. The molecule has 2 fully saturated rings. The summed E-state index contributed by atoms with van der Waals surface area (Å²) in [6.07, 6.45) is 3.26. The smallest absolute Gasteiger partial charge is 0.321 e. The van der Waals surface area contributed by atoms with Crippen molar-refractivity contribution in [2.24, 2.45) is 10.8 Å². The summed E-state index contributed by atoms with van der Waals surface area (Å²) in [5, 5.41) is 7.98. The van der Waals surface area contributed by atoms with Crippen LogP contribution in [0.2, 0.25) is 0 Å². The number of anilines is 1. The van der Waals surface area contributed by atoms with Crippen LogP contribution >= 0.6 is 11.3 Å². The number of hydrogen-bond donors (Lipinski definition) is 3. The maximum Gasteiger partial charge on any atom is 0.321 e. The first-order chi connectivity index (χ1) is 21.8. The van der Waals surface area contributed by atoms with Crippen LogP contribution in [0.25, 0.3) is 0 Å². The summed E-state index contributed by atoms with van der Waals surface area (Å²) in [5.41, 5.74) is 2.60. The minimum absolute atomic E-state index is 0.0328. The summed E-state index contributed by atoms with van der Waals surface area (Å²) in [5.74, 6) is -1.05. The molecule has 1 aliphatic carbocycles. The van der Waals surface area contributed by atoms with Crippen molar-refractivity contribution in [2.45, 2.75) is 70.5 Å². The van der Waals surface area contributed by atoms with Crippen molar-refractivity contribution in [1.29, 1.82) is 0 Å². The van der Waals surface area contributed by atoms with E-state index in [2.05, 4.69) is 53.8 Å². The molecule has 12 heteroatoms. The molecule has 2 aliphatic heterocycles. The Kier molecular flexibility index (Phi) is 8.60. The summed E-state index contributed by atoms with van der Waals surface area (Å²) >= 11 is 1.33. The van der Waals surface area contributed by atoms with Crippen LogP contribution in [0.4, 0.5) is 9.80 Å². The predicted octanol–water partition coefficient (Wildman–Crippen LogP) is 5.22. The van der Waals surface area contributed by atoms with Crippen LogP contribution in [-0.2, 0) is 29.5 Å². The Morgan fingerprint density at radius 2 is 1.70 bits per heavy atom. The fourth-order valence-electron chi connectivity index (χ4n) is 7.77. The molecule has 3 N–H and O–H groups in total. The average Bonchev–Trinajstić information content (AvgIpc) is 3.49. The van der Waals surface area contributed by atoms with Crippen LogP contribution in [-0.4, -0.2) is 61.6 Å². The summed E-state index contributed by atoms with van der Waals surface area (Å²) < 4.78 is 29.1. The van der Waals surface area contributed by atoms with Crippen molar-refractivity contribution in [3.63, 3.8) is 0 Å². The highest BCUT2D eigenvalue weighted by molar-refractivity contribution is 7.89. The van der Waals surface area contributed by atoms with Crippen LogP contribution in [0.1, 0.15) is 76.8 Å². The Bertz CT molecular complexity index is 1770. The molecule has 2 unspecified atom stereocenters. The van der Waals surface area contributed by atoms with Crippen LogP contribution < -0.4 is 16.0 Å². The molecule has 1 saturated heterocycles. The first-order valence-corrected chi connectivity index (χ1v) is 17.9. The van der Waals surface area contributed by atoms with Gasteiger partial charge >= 0.3 is 6.03 Å². The van der Waals surface area contributed by atoms with Gasteiger partial charge in [-0.05, 0) is 71.9 Å². The van der Waals surface area contributed by atoms with Gasteiger partial charge in [-0.25, -0.2) is 13.2 Å². The van der Waals surface area contributed by atoms with Crippen molar-refractivity contribution in [1.82, 2.24) is 19.8 Å². The number of sulfonamides is 1. The number of amides is 4. The van der Waals surface area contributed by atoms with Crippen LogP contribution in [0.3, 0.4) is 0 Å². The zero-order valence-electron chi connectivity index (χ0n) is 26.7. The highest BCUT2D eigenvalue weighted by Gasteiger charge is 2.53. The zero-order chi connectivity index (χ0) is 32.9. The molecule has 1 aromatic heterocycles. The maximum absolute atomic E-state index is 13.7. The average molecular weight is 664 g/mol. The molecule has 46 heavy (non-hydrogen) atoms. The van der Waals surface area contributed by atoms with Gasteiger partial charge in [0.05, 0.1) is 10.5 Å². The fraction of sp³-hybridized carbons (Fsp3) is 0.441. The standard InChI is InChI=1S/C34H41N5O5S2/c1-33(2)16-24-17-34(3,20-33)21-39(24)46(43,44)25-12-10-23(11-13-25)29(40)36-31-28(30(41)37-32(42)35-4)26-14-15-38(19-27(26)45-31)18-22-8-6-5-7-9-22/h5-13,24H,14-21H2,1-4H3,(H,36,40)(H2,35,37,41,42). The van der Waals surface area contributed by atoms with E-state index in [4.69, 9.17) is 0 Å². The van der Waals surface area contributed by atoms with E-state index < -0.39 is 27.9 Å². The number of carbonyl (C=O) groups is 3. The molecule has 4 amide bonds. The monoisotopic (exact) mass is 663 g/mol. The quantitative estimate of drug-likeness (QED) is 0.318. The summed E-state index contributed by atoms with van der Waals surface area (Å²) in [6, 6.07) is 15.5. The molecule has 6 rings (SSSR count). The third kappa shape index (κ3) is 6.48. The molecule has 2 atom stereocenters. The lowest BCUT2D eigenvalue weighted by Crippen LogP contribution is -2.38. The molecule has 10 nitrogen and oxygen atoms in total. The minimum Gasteiger partial charge on any atom is -0.341 e. The van der Waals surface area contributed by atoms with Gasteiger partial charge in [0.15, 0.2) is 0 Å². The Morgan fingerprint density at radius 3 is 2.39 bits per heavy atom. The van der Waals surface area contributed by atoms with Crippen LogP contribution in [0, 0.1) is 10.8 Å². The number of urea groups is 1. The maximum atomic E-state index is 13.7. The van der Waals surface area contributed by atoms with Crippen molar-refractivity contribution in [3.8, 4) is 0 Å². The van der Waals surface area contributed by atoms with Crippen LogP contribution in [0.15, 0.2) is 59.5 Å². The van der Waals surface area contributed by atoms with Gasteiger partial charge in [-0.1, -0.05) is 51.1 Å². The number of fused-ring (bicyclic) bond motifs is 3. The Balaban J connectivity index is 1.21. The number of carbonyl (C=O) groups excluding carboxylic acids is 3. The Morgan fingerprint density at radius 1 is 0.978 bits per heavy atom. The number of hydrogen-bond acceptors (Lipinski definition) is 7. The summed E-state index contributed by atoms with van der Waals surface area (Å²) in [7, 11) is -2.31. The number of benzene rings is 2. The highest BCUT2D eigenvalue weighted by Crippen LogP contribution is 2.53. The first-order valence-electron chi connectivity index (χ1n) is 15.6. The van der Waals surface area contributed by atoms with Crippen LogP contribution in [0.5, 0.6) is 0 Å². The highest BCUT2D eigenvalue weighted by atomic mass is 32.2. The molecule has 1 saturated carbocycles. The van der Waals surface area contributed by atoms with E-state index in [9.17, 15) is 22.8 Å². The number of imide groups is 1. The van der Waals surface area contributed by atoms with Gasteiger partial charge in [-0.2, -0.15) is 4.31 Å². The van der Waals surface area contributed by atoms with Crippen molar-refractivity contribution in [2.75, 3.05) is 25.5 Å². The number of rotatable bonds is 7. The molecule has 2 bridgehead atoms. The minimum atomic E-state index is -3.74. The first kappa shape index (κ1) is 32.4. The zero-order valence-corrected chi connectivity index (χ0v) is 28.3. The van der Waals surface area contributed by atoms with E-state index >= 15 is 0 Å². The van der Waals surface area contributed by atoms with Gasteiger partial charge in [-0.15, -0.1) is 11.3 Å². The van der Waals surface area contributed by atoms with Gasteiger partial charge in [0.1, 0.15) is 5.00 Å². The molecular formula is C34H41N5O5S2. The second-order valence-electron chi connectivity index (χ2n) is 13.9. The number of nitrogens with zero attached hydrogens (tertiary/aromatic N) is 2. The topological polar surface area (TPSA) is 128 Å². The lowest BCUT2D eigenvalue weighted by atomic mass is 9.65. The fourth-order valence-corrected chi connectivity index (χ4v) is 10.8. The molecule has 244 valence electrons. The van der Waals surface area contributed by atoms with E-state index in [0.717, 1.165) is 42.8 Å². The number of thiophene rings is 1. The van der Waals surface area contributed by atoms with E-state index in [0.29, 0.717) is 24.5 Å². The molecule has 3 aromatic rings. The third-order valence-electron chi connectivity index (χ3n) is 9.38. The van der Waals surface area contributed by atoms with Crippen molar-refractivity contribution >= 4 is 44.2 Å². The predicted molar refractivity (Wildman–Crippen MR) is 178 cm³/mol. The van der Waals surface area contributed by atoms with E-state index in [-0.39, 0.29) is 32.9 Å². The Labute approximate surface area is 274 Å². The lowest BCUT2D eigenvalue weighted by molar-refractivity contribution is 0.0963. The summed E-state index contributed by atoms with van der Waals surface area (Å²) in [6.45, 7) is 9.17.